The normalized spacial score (nSPS) is 12.6. The quantitative estimate of drug-likeness (QED) is 0.314. The number of hydrogen-bond acceptors (Lipinski definition) is 4. The van der Waals surface area contributed by atoms with Crippen molar-refractivity contribution in [2.24, 2.45) is 0 Å². The third-order valence-corrected chi connectivity index (χ3v) is 7.29. The van der Waals surface area contributed by atoms with E-state index in [-0.39, 0.29) is 18.3 Å². The molecule has 6 nitrogen and oxygen atoms in total. The van der Waals surface area contributed by atoms with E-state index in [1.165, 1.54) is 17.5 Å². The minimum atomic E-state index is -0.296. The first-order valence-electron chi connectivity index (χ1n) is 11.4. The van der Waals surface area contributed by atoms with Crippen LogP contribution >= 0.6 is 15.9 Å². The molecule has 0 saturated heterocycles. The second-order valence-corrected chi connectivity index (χ2v) is 9.43. The maximum atomic E-state index is 12.7. The summed E-state index contributed by atoms with van der Waals surface area (Å²) in [6.07, 6.45) is 3.46. The fraction of sp³-hybridized carbons (Fsp3) is 0.259. The van der Waals surface area contributed by atoms with Crippen molar-refractivity contribution in [3.63, 3.8) is 0 Å². The van der Waals surface area contributed by atoms with Crippen molar-refractivity contribution in [2.45, 2.75) is 46.3 Å². The van der Waals surface area contributed by atoms with Crippen LogP contribution in [0.15, 0.2) is 63.5 Å². The van der Waals surface area contributed by atoms with E-state index in [1.54, 1.807) is 12.1 Å². The average molecular weight is 520 g/mol. The van der Waals surface area contributed by atoms with Gasteiger partial charge in [-0.2, -0.15) is 5.10 Å². The molecule has 0 bridgehead atoms. The van der Waals surface area contributed by atoms with Gasteiger partial charge in [-0.05, 0) is 102 Å². The van der Waals surface area contributed by atoms with Gasteiger partial charge in [0.15, 0.2) is 5.76 Å². The van der Waals surface area contributed by atoms with Gasteiger partial charge >= 0.3 is 0 Å². The lowest BCUT2D eigenvalue weighted by molar-refractivity contribution is 0.0992. The van der Waals surface area contributed by atoms with E-state index >= 15 is 0 Å². The highest BCUT2D eigenvalue weighted by Gasteiger charge is 2.15. The molecular formula is C27H26BrN3O3. The van der Waals surface area contributed by atoms with Crippen molar-refractivity contribution < 1.29 is 13.9 Å². The Bertz CT molecular complexity index is 1360. The first-order valence-corrected chi connectivity index (χ1v) is 12.2. The second kappa shape index (κ2) is 9.50. The van der Waals surface area contributed by atoms with Crippen molar-refractivity contribution >= 4 is 27.5 Å². The molecular weight excluding hydrogens is 494 g/mol. The maximum Gasteiger partial charge on any atom is 0.291 e. The molecule has 7 heteroatoms. The van der Waals surface area contributed by atoms with Crippen LogP contribution in [0.25, 0.3) is 0 Å². The van der Waals surface area contributed by atoms with Crippen LogP contribution in [0.3, 0.4) is 0 Å². The van der Waals surface area contributed by atoms with Gasteiger partial charge in [0.25, 0.3) is 5.91 Å². The number of nitrogens with zero attached hydrogens (tertiary/aromatic N) is 2. The Labute approximate surface area is 207 Å². The Morgan fingerprint density at radius 3 is 2.79 bits per heavy atom. The molecule has 4 aromatic rings. The van der Waals surface area contributed by atoms with Crippen LogP contribution in [0.1, 0.15) is 50.8 Å². The summed E-state index contributed by atoms with van der Waals surface area (Å²) in [7, 11) is 0. The van der Waals surface area contributed by atoms with Crippen molar-refractivity contribution in [3.8, 4) is 5.75 Å². The van der Waals surface area contributed by atoms with Crippen molar-refractivity contribution in [2.75, 3.05) is 5.32 Å². The van der Waals surface area contributed by atoms with Crippen molar-refractivity contribution in [3.05, 3.63) is 98.7 Å². The lowest BCUT2D eigenvalue weighted by Crippen LogP contribution is -2.11. The van der Waals surface area contributed by atoms with E-state index in [1.807, 2.05) is 48.9 Å². The number of aromatic nitrogens is 2. The number of halogens is 1. The van der Waals surface area contributed by atoms with Gasteiger partial charge in [0.05, 0.1) is 22.4 Å². The van der Waals surface area contributed by atoms with Crippen molar-refractivity contribution in [1.82, 2.24) is 9.78 Å². The largest absolute Gasteiger partial charge is 0.486 e. The van der Waals surface area contributed by atoms with Crippen LogP contribution in [0.5, 0.6) is 5.75 Å². The number of nitrogens with one attached hydrogen (secondary N) is 1. The van der Waals surface area contributed by atoms with Gasteiger partial charge in [-0.15, -0.1) is 0 Å². The van der Waals surface area contributed by atoms with Crippen LogP contribution in [0.2, 0.25) is 0 Å². The highest BCUT2D eigenvalue weighted by atomic mass is 79.9. The van der Waals surface area contributed by atoms with Crippen LogP contribution in [-0.2, 0) is 26.0 Å². The number of ether oxygens (including phenoxy) is 1. The minimum Gasteiger partial charge on any atom is -0.486 e. The zero-order valence-corrected chi connectivity index (χ0v) is 20.8. The average Bonchev–Trinajstić information content (AvgIpc) is 3.55. The summed E-state index contributed by atoms with van der Waals surface area (Å²) in [4.78, 5) is 12.7. The number of furan rings is 1. The molecule has 34 heavy (non-hydrogen) atoms. The number of carbonyl (C=O) groups is 1. The Morgan fingerprint density at radius 1 is 1.12 bits per heavy atom. The van der Waals surface area contributed by atoms with E-state index in [4.69, 9.17) is 9.15 Å². The van der Waals surface area contributed by atoms with Gasteiger partial charge in [-0.1, -0.05) is 18.2 Å². The molecule has 0 atom stereocenters. The summed E-state index contributed by atoms with van der Waals surface area (Å²) in [5.41, 5.74) is 6.54. The molecule has 1 aliphatic carbocycles. The van der Waals surface area contributed by atoms with Crippen LogP contribution in [0, 0.1) is 13.8 Å². The number of anilines is 1. The molecule has 5 rings (SSSR count). The number of amides is 1. The smallest absolute Gasteiger partial charge is 0.291 e. The van der Waals surface area contributed by atoms with Gasteiger partial charge in [-0.25, -0.2) is 0 Å². The highest BCUT2D eigenvalue weighted by molar-refractivity contribution is 9.10. The fourth-order valence-corrected chi connectivity index (χ4v) is 4.60. The van der Waals surface area contributed by atoms with Gasteiger partial charge < -0.3 is 14.5 Å². The molecule has 0 spiro atoms. The molecule has 174 valence electrons. The van der Waals surface area contributed by atoms with Crippen LogP contribution < -0.4 is 10.1 Å². The Kier molecular flexibility index (Phi) is 6.28. The van der Waals surface area contributed by atoms with Gasteiger partial charge in [0, 0.05) is 5.69 Å². The lowest BCUT2D eigenvalue weighted by Gasteiger charge is -2.08. The predicted molar refractivity (Wildman–Crippen MR) is 134 cm³/mol. The molecule has 0 fully saturated rings. The third kappa shape index (κ3) is 4.80. The molecule has 0 aliphatic heterocycles. The van der Waals surface area contributed by atoms with Crippen LogP contribution in [-0.4, -0.2) is 15.7 Å². The topological polar surface area (TPSA) is 69.3 Å². The van der Waals surface area contributed by atoms with Gasteiger partial charge in [-0.3, -0.25) is 9.48 Å². The summed E-state index contributed by atoms with van der Waals surface area (Å²) in [6.45, 7) is 4.89. The van der Waals surface area contributed by atoms with E-state index in [0.29, 0.717) is 18.0 Å². The first kappa shape index (κ1) is 22.5. The fourth-order valence-electron chi connectivity index (χ4n) is 4.31. The summed E-state index contributed by atoms with van der Waals surface area (Å²) >= 11 is 3.56. The second-order valence-electron chi connectivity index (χ2n) is 8.64. The minimum absolute atomic E-state index is 0.250. The Morgan fingerprint density at radius 2 is 1.97 bits per heavy atom. The highest BCUT2D eigenvalue weighted by Crippen LogP contribution is 2.27. The van der Waals surface area contributed by atoms with Crippen LogP contribution in [0.4, 0.5) is 5.69 Å². The summed E-state index contributed by atoms with van der Waals surface area (Å²) in [5, 5.41) is 7.48. The molecule has 0 unspecified atom stereocenters. The molecule has 2 heterocycles. The molecule has 1 N–H and O–H groups in total. The molecule has 2 aromatic carbocycles. The summed E-state index contributed by atoms with van der Waals surface area (Å²) in [5.74, 6) is 1.39. The van der Waals surface area contributed by atoms with E-state index in [9.17, 15) is 4.79 Å². The summed E-state index contributed by atoms with van der Waals surface area (Å²) < 4.78 is 14.6. The summed E-state index contributed by atoms with van der Waals surface area (Å²) in [6, 6.07) is 17.4. The van der Waals surface area contributed by atoms with Crippen molar-refractivity contribution in [1.29, 1.82) is 0 Å². The van der Waals surface area contributed by atoms with E-state index in [0.717, 1.165) is 40.0 Å². The Hall–Kier alpha value is -3.32. The zero-order chi connectivity index (χ0) is 23.7. The molecule has 1 amide bonds. The van der Waals surface area contributed by atoms with Gasteiger partial charge in [0.2, 0.25) is 0 Å². The monoisotopic (exact) mass is 519 g/mol. The van der Waals surface area contributed by atoms with E-state index in [2.05, 4.69) is 38.5 Å². The number of fused-ring (bicyclic) bond motifs is 1. The number of hydrogen-bond donors (Lipinski definition) is 1. The Balaban J connectivity index is 1.20. The maximum absolute atomic E-state index is 12.7. The van der Waals surface area contributed by atoms with Gasteiger partial charge in [0.1, 0.15) is 18.1 Å². The van der Waals surface area contributed by atoms with E-state index < -0.39 is 0 Å². The number of aryl methyl sites for hydroxylation is 3. The molecule has 1 aliphatic rings. The molecule has 2 aromatic heterocycles. The number of carbonyl (C=O) groups excluding carboxylic acids is 1. The predicted octanol–water partition coefficient (Wildman–Crippen LogP) is 6.22. The standard InChI is InChI=1S/C27H26BrN3O3/c1-17-26(28)18(2)31(30-17)15-19-5-3-8-22(13-19)29-27(32)25-12-11-24(34-25)16-33-23-10-9-20-6-4-7-21(20)14-23/h3,5,8-14H,4,6-7,15-16H2,1-2H3,(H,29,32). The number of rotatable bonds is 7. The molecule has 0 radical (unpaired) electrons. The zero-order valence-electron chi connectivity index (χ0n) is 19.2. The molecule has 0 saturated carbocycles. The first-order chi connectivity index (χ1) is 16.5. The lowest BCUT2D eigenvalue weighted by atomic mass is 10.1. The number of benzene rings is 2. The SMILES string of the molecule is Cc1nn(Cc2cccc(NC(=O)c3ccc(COc4ccc5c(c4)CCC5)o3)c2)c(C)c1Br. The third-order valence-electron chi connectivity index (χ3n) is 6.15.